The van der Waals surface area contributed by atoms with Crippen LogP contribution < -0.4 is 0 Å². The van der Waals surface area contributed by atoms with E-state index in [4.69, 9.17) is 0 Å². The molecule has 2 aliphatic rings. The smallest absolute Gasteiger partial charge is 0.302 e. The molecular weight excluding hydrogens is 236 g/mol. The molecule has 3 rings (SSSR count). The summed E-state index contributed by atoms with van der Waals surface area (Å²) in [6.45, 7) is 0.385. The van der Waals surface area contributed by atoms with Gasteiger partial charge in [-0.25, -0.2) is 4.79 Å². The van der Waals surface area contributed by atoms with E-state index < -0.39 is 0 Å². The summed E-state index contributed by atoms with van der Waals surface area (Å²) in [6.07, 6.45) is 0. The van der Waals surface area contributed by atoms with Gasteiger partial charge in [-0.05, 0) is 5.56 Å². The number of hydrogen-bond donors (Lipinski definition) is 0. The first-order chi connectivity index (χ1) is 8.27. The van der Waals surface area contributed by atoms with Gasteiger partial charge in [0.1, 0.15) is 6.04 Å². The molecule has 88 valence electrons. The number of carbonyl (C=O) groups excluding carboxylic acids is 2. The number of thioether (sulfide) groups is 1. The molecule has 0 radical (unpaired) electrons. The van der Waals surface area contributed by atoms with Gasteiger partial charge in [-0.3, -0.25) is 9.69 Å². The highest BCUT2D eigenvalue weighted by atomic mass is 32.2. The number of benzene rings is 1. The van der Waals surface area contributed by atoms with Gasteiger partial charge in [-0.15, -0.1) is 11.8 Å². The van der Waals surface area contributed by atoms with Crippen LogP contribution >= 0.6 is 11.8 Å². The molecule has 2 heterocycles. The van der Waals surface area contributed by atoms with Crippen LogP contribution in [0.25, 0.3) is 0 Å². The summed E-state index contributed by atoms with van der Waals surface area (Å²) in [7, 11) is 0. The summed E-state index contributed by atoms with van der Waals surface area (Å²) in [5, 5.41) is 0. The van der Waals surface area contributed by atoms with Crippen LogP contribution in [0.3, 0.4) is 0 Å². The van der Waals surface area contributed by atoms with E-state index in [1.165, 1.54) is 4.90 Å². The molecule has 0 aromatic heterocycles. The van der Waals surface area contributed by atoms with Crippen LogP contribution in [0, 0.1) is 0 Å². The highest BCUT2D eigenvalue weighted by Crippen LogP contribution is 2.30. The molecule has 1 atom stereocenters. The molecule has 0 bridgehead atoms. The second kappa shape index (κ2) is 4.07. The maximum absolute atomic E-state index is 12.1. The number of rotatable bonds is 2. The maximum atomic E-state index is 12.1. The van der Waals surface area contributed by atoms with Gasteiger partial charge in [0.15, 0.2) is 0 Å². The van der Waals surface area contributed by atoms with Crippen LogP contribution in [-0.4, -0.2) is 39.4 Å². The Labute approximate surface area is 104 Å². The minimum absolute atomic E-state index is 0.0520. The number of urea groups is 1. The monoisotopic (exact) mass is 248 g/mol. The van der Waals surface area contributed by atoms with Crippen molar-refractivity contribution in [2.45, 2.75) is 12.6 Å². The topological polar surface area (TPSA) is 40.6 Å². The lowest BCUT2D eigenvalue weighted by atomic mass is 10.2. The minimum Gasteiger partial charge on any atom is -0.302 e. The van der Waals surface area contributed by atoms with E-state index in [1.54, 1.807) is 16.7 Å². The number of carbonyl (C=O) groups is 2. The third-order valence-electron chi connectivity index (χ3n) is 3.09. The van der Waals surface area contributed by atoms with Crippen LogP contribution in [-0.2, 0) is 11.3 Å². The fourth-order valence-corrected chi connectivity index (χ4v) is 3.31. The van der Waals surface area contributed by atoms with Crippen molar-refractivity contribution in [1.82, 2.24) is 9.80 Å². The Hall–Kier alpha value is -1.49. The Morgan fingerprint density at radius 3 is 2.71 bits per heavy atom. The van der Waals surface area contributed by atoms with Gasteiger partial charge in [0.25, 0.3) is 5.91 Å². The molecule has 2 saturated heterocycles. The van der Waals surface area contributed by atoms with E-state index in [0.717, 1.165) is 11.3 Å². The predicted molar refractivity (Wildman–Crippen MR) is 65.3 cm³/mol. The predicted octanol–water partition coefficient (Wildman–Crippen LogP) is 1.52. The molecule has 2 aliphatic heterocycles. The largest absolute Gasteiger partial charge is 0.328 e. The molecule has 4 nitrogen and oxygen atoms in total. The standard InChI is InChI=1S/C12H12N2O2S/c15-11-10-7-17-8-14(10)12(16)13(11)6-9-4-2-1-3-5-9/h1-5,10H,6-8H2. The minimum atomic E-state index is -0.226. The third kappa shape index (κ3) is 1.70. The van der Waals surface area contributed by atoms with Crippen molar-refractivity contribution in [2.24, 2.45) is 0 Å². The summed E-state index contributed by atoms with van der Waals surface area (Å²) in [6, 6.07) is 9.24. The van der Waals surface area contributed by atoms with Crippen molar-refractivity contribution in [3.8, 4) is 0 Å². The second-order valence-corrected chi connectivity index (χ2v) is 5.18. The lowest BCUT2D eigenvalue weighted by molar-refractivity contribution is -0.127. The van der Waals surface area contributed by atoms with Gasteiger partial charge < -0.3 is 4.90 Å². The normalized spacial score (nSPS) is 23.4. The van der Waals surface area contributed by atoms with Gasteiger partial charge in [-0.2, -0.15) is 0 Å². The lowest BCUT2D eigenvalue weighted by Crippen LogP contribution is -2.32. The van der Waals surface area contributed by atoms with Crippen molar-refractivity contribution in [3.63, 3.8) is 0 Å². The Morgan fingerprint density at radius 1 is 1.24 bits per heavy atom. The highest BCUT2D eigenvalue weighted by molar-refractivity contribution is 7.99. The average molecular weight is 248 g/mol. The Balaban J connectivity index is 1.81. The number of hydrogen-bond acceptors (Lipinski definition) is 3. The summed E-state index contributed by atoms with van der Waals surface area (Å²) < 4.78 is 0. The van der Waals surface area contributed by atoms with E-state index in [-0.39, 0.29) is 18.0 Å². The molecule has 0 aliphatic carbocycles. The van der Waals surface area contributed by atoms with Crippen molar-refractivity contribution in [2.75, 3.05) is 11.6 Å². The van der Waals surface area contributed by atoms with Crippen molar-refractivity contribution >= 4 is 23.7 Å². The van der Waals surface area contributed by atoms with E-state index in [9.17, 15) is 9.59 Å². The van der Waals surface area contributed by atoms with Gasteiger partial charge >= 0.3 is 6.03 Å². The van der Waals surface area contributed by atoms with Crippen LogP contribution in [0.5, 0.6) is 0 Å². The maximum Gasteiger partial charge on any atom is 0.328 e. The number of fused-ring (bicyclic) bond motifs is 1. The zero-order valence-corrected chi connectivity index (χ0v) is 10.0. The third-order valence-corrected chi connectivity index (χ3v) is 4.11. The van der Waals surface area contributed by atoms with Gasteiger partial charge in [0, 0.05) is 5.75 Å². The molecule has 5 heteroatoms. The van der Waals surface area contributed by atoms with Gasteiger partial charge in [0.2, 0.25) is 0 Å². The number of nitrogens with zero attached hydrogens (tertiary/aromatic N) is 2. The zero-order chi connectivity index (χ0) is 11.8. The van der Waals surface area contributed by atoms with Crippen molar-refractivity contribution in [1.29, 1.82) is 0 Å². The molecule has 0 N–H and O–H groups in total. The van der Waals surface area contributed by atoms with Crippen LogP contribution in [0.2, 0.25) is 0 Å². The summed E-state index contributed by atoms with van der Waals surface area (Å²) in [5.41, 5.74) is 0.989. The molecule has 0 saturated carbocycles. The SMILES string of the molecule is O=C1C2CSCN2C(=O)N1Cc1ccccc1. The first-order valence-corrected chi connectivity index (χ1v) is 6.66. The highest BCUT2D eigenvalue weighted by Gasteiger charge is 2.47. The molecule has 2 fully saturated rings. The Bertz CT molecular complexity index is 441. The molecule has 1 aromatic rings. The molecule has 17 heavy (non-hydrogen) atoms. The molecular formula is C12H12N2O2S. The fraction of sp³-hybridized carbons (Fsp3) is 0.333. The Morgan fingerprint density at radius 2 is 2.00 bits per heavy atom. The van der Waals surface area contributed by atoms with Crippen molar-refractivity contribution in [3.05, 3.63) is 35.9 Å². The van der Waals surface area contributed by atoms with E-state index in [1.807, 2.05) is 30.3 Å². The second-order valence-electron chi connectivity index (χ2n) is 4.18. The van der Waals surface area contributed by atoms with E-state index >= 15 is 0 Å². The fourth-order valence-electron chi connectivity index (χ4n) is 2.18. The van der Waals surface area contributed by atoms with Crippen LogP contribution in [0.15, 0.2) is 30.3 Å². The van der Waals surface area contributed by atoms with Gasteiger partial charge in [-0.1, -0.05) is 30.3 Å². The van der Waals surface area contributed by atoms with Crippen LogP contribution in [0.4, 0.5) is 4.79 Å². The molecule has 1 aromatic carbocycles. The van der Waals surface area contributed by atoms with Crippen molar-refractivity contribution < 1.29 is 9.59 Å². The summed E-state index contributed by atoms with van der Waals surface area (Å²) in [5.74, 6) is 1.32. The summed E-state index contributed by atoms with van der Waals surface area (Å²) in [4.78, 5) is 27.1. The lowest BCUT2D eigenvalue weighted by Gasteiger charge is -2.15. The van der Waals surface area contributed by atoms with Gasteiger partial charge in [0.05, 0.1) is 12.4 Å². The average Bonchev–Trinajstić information content (AvgIpc) is 2.91. The zero-order valence-electron chi connectivity index (χ0n) is 9.20. The molecule has 1 unspecified atom stereocenters. The summed E-state index contributed by atoms with van der Waals surface area (Å²) >= 11 is 1.64. The Kier molecular flexibility index (Phi) is 2.55. The number of amides is 3. The van der Waals surface area contributed by atoms with E-state index in [0.29, 0.717) is 12.4 Å². The quantitative estimate of drug-likeness (QED) is 0.745. The van der Waals surface area contributed by atoms with E-state index in [2.05, 4.69) is 0 Å². The van der Waals surface area contributed by atoms with Crippen LogP contribution in [0.1, 0.15) is 5.56 Å². The first-order valence-electron chi connectivity index (χ1n) is 5.51. The molecule has 0 spiro atoms. The molecule has 3 amide bonds. The first kappa shape index (κ1) is 10.7. The number of imide groups is 1.